The van der Waals surface area contributed by atoms with Gasteiger partial charge < -0.3 is 4.42 Å². The summed E-state index contributed by atoms with van der Waals surface area (Å²) in [5.74, 6) is 1.25. The number of nitrogens with zero attached hydrogens (tertiary/aromatic N) is 1. The van der Waals surface area contributed by atoms with Crippen molar-refractivity contribution in [1.82, 2.24) is 9.71 Å². The van der Waals surface area contributed by atoms with E-state index in [2.05, 4.69) is 9.71 Å². The lowest BCUT2D eigenvalue weighted by Crippen LogP contribution is -2.26. The SMILES string of the molecule is Cc1ccc(S(=O)(=O)NCCc2nc(-c3ccccc3)oc2C)cc1. The number of sulfonamides is 1. The fourth-order valence-electron chi connectivity index (χ4n) is 2.47. The van der Waals surface area contributed by atoms with Crippen molar-refractivity contribution in [3.05, 3.63) is 71.6 Å². The normalized spacial score (nSPS) is 11.6. The lowest BCUT2D eigenvalue weighted by molar-refractivity contribution is 0.538. The van der Waals surface area contributed by atoms with Gasteiger partial charge in [-0.2, -0.15) is 0 Å². The van der Waals surface area contributed by atoms with Crippen LogP contribution >= 0.6 is 0 Å². The molecular weight excluding hydrogens is 336 g/mol. The molecule has 0 aliphatic carbocycles. The Bertz CT molecular complexity index is 946. The Hall–Kier alpha value is -2.44. The Balaban J connectivity index is 1.66. The van der Waals surface area contributed by atoms with Crippen LogP contribution in [-0.4, -0.2) is 19.9 Å². The molecule has 1 N–H and O–H groups in total. The van der Waals surface area contributed by atoms with Crippen LogP contribution in [0.15, 0.2) is 63.9 Å². The first-order valence-electron chi connectivity index (χ1n) is 8.04. The molecule has 1 heterocycles. The van der Waals surface area contributed by atoms with Gasteiger partial charge >= 0.3 is 0 Å². The summed E-state index contributed by atoms with van der Waals surface area (Å²) in [6.45, 7) is 4.02. The van der Waals surface area contributed by atoms with E-state index in [1.165, 1.54) is 0 Å². The van der Waals surface area contributed by atoms with Gasteiger partial charge in [0, 0.05) is 18.5 Å². The lowest BCUT2D eigenvalue weighted by Gasteiger charge is -2.06. The van der Waals surface area contributed by atoms with Crippen LogP contribution < -0.4 is 4.72 Å². The average molecular weight is 356 g/mol. The standard InChI is InChI=1S/C19H20N2O3S/c1-14-8-10-17(11-9-14)25(22,23)20-13-12-18-15(2)24-19(21-18)16-6-4-3-5-7-16/h3-11,20H,12-13H2,1-2H3. The van der Waals surface area contributed by atoms with Gasteiger partial charge in [-0.3, -0.25) is 0 Å². The van der Waals surface area contributed by atoms with Crippen molar-refractivity contribution in [2.45, 2.75) is 25.2 Å². The summed E-state index contributed by atoms with van der Waals surface area (Å²) in [7, 11) is -3.51. The first-order valence-corrected chi connectivity index (χ1v) is 9.52. The number of aromatic nitrogens is 1. The minimum Gasteiger partial charge on any atom is -0.441 e. The maximum atomic E-state index is 12.3. The van der Waals surface area contributed by atoms with Gasteiger partial charge in [-0.05, 0) is 38.1 Å². The van der Waals surface area contributed by atoms with E-state index in [1.807, 2.05) is 44.2 Å². The Morgan fingerprint density at radius 1 is 1.00 bits per heavy atom. The largest absolute Gasteiger partial charge is 0.441 e. The molecule has 2 aromatic carbocycles. The summed E-state index contributed by atoms with van der Waals surface area (Å²) in [6, 6.07) is 16.4. The van der Waals surface area contributed by atoms with Crippen LogP contribution in [0.25, 0.3) is 11.5 Å². The molecule has 0 bridgehead atoms. The summed E-state index contributed by atoms with van der Waals surface area (Å²) in [6.07, 6.45) is 0.466. The number of benzene rings is 2. The highest BCUT2D eigenvalue weighted by atomic mass is 32.2. The molecule has 5 nitrogen and oxygen atoms in total. The smallest absolute Gasteiger partial charge is 0.240 e. The van der Waals surface area contributed by atoms with E-state index in [0.717, 1.165) is 16.8 Å². The van der Waals surface area contributed by atoms with Crippen molar-refractivity contribution in [2.75, 3.05) is 6.54 Å². The molecular formula is C19H20N2O3S. The first-order chi connectivity index (χ1) is 12.0. The molecule has 130 valence electrons. The third-order valence-electron chi connectivity index (χ3n) is 3.90. The van der Waals surface area contributed by atoms with Crippen LogP contribution in [0.2, 0.25) is 0 Å². The van der Waals surface area contributed by atoms with Crippen LogP contribution in [0.1, 0.15) is 17.0 Å². The molecule has 0 saturated heterocycles. The Morgan fingerprint density at radius 2 is 1.68 bits per heavy atom. The molecule has 6 heteroatoms. The molecule has 0 amide bonds. The first kappa shape index (κ1) is 17.4. The van der Waals surface area contributed by atoms with E-state index in [-0.39, 0.29) is 11.4 Å². The van der Waals surface area contributed by atoms with Gasteiger partial charge in [0.2, 0.25) is 15.9 Å². The van der Waals surface area contributed by atoms with Gasteiger partial charge in [0.05, 0.1) is 10.6 Å². The van der Waals surface area contributed by atoms with Gasteiger partial charge in [0.1, 0.15) is 5.76 Å². The van der Waals surface area contributed by atoms with Crippen molar-refractivity contribution in [2.24, 2.45) is 0 Å². The maximum absolute atomic E-state index is 12.3. The van der Waals surface area contributed by atoms with E-state index in [1.54, 1.807) is 24.3 Å². The topological polar surface area (TPSA) is 72.2 Å². The van der Waals surface area contributed by atoms with E-state index in [9.17, 15) is 8.42 Å². The molecule has 25 heavy (non-hydrogen) atoms. The Morgan fingerprint density at radius 3 is 2.36 bits per heavy atom. The summed E-state index contributed by atoms with van der Waals surface area (Å²) < 4.78 is 32.9. The highest BCUT2D eigenvalue weighted by Gasteiger charge is 2.15. The Labute approximate surface area is 147 Å². The molecule has 0 aliphatic heterocycles. The minimum atomic E-state index is -3.51. The van der Waals surface area contributed by atoms with Gasteiger partial charge in [0.15, 0.2) is 0 Å². The zero-order valence-electron chi connectivity index (χ0n) is 14.2. The van der Waals surface area contributed by atoms with E-state index in [4.69, 9.17) is 4.42 Å². The summed E-state index contributed by atoms with van der Waals surface area (Å²) in [5.41, 5.74) is 2.67. The number of hydrogen-bond acceptors (Lipinski definition) is 4. The summed E-state index contributed by atoms with van der Waals surface area (Å²) >= 11 is 0. The zero-order chi connectivity index (χ0) is 17.9. The highest BCUT2D eigenvalue weighted by molar-refractivity contribution is 7.89. The zero-order valence-corrected chi connectivity index (χ0v) is 15.0. The predicted molar refractivity (Wildman–Crippen MR) is 96.7 cm³/mol. The fraction of sp³-hybridized carbons (Fsp3) is 0.211. The molecule has 0 aliphatic rings. The van der Waals surface area contributed by atoms with Gasteiger partial charge in [-0.1, -0.05) is 35.9 Å². The van der Waals surface area contributed by atoms with Crippen LogP contribution in [-0.2, 0) is 16.4 Å². The molecule has 0 fully saturated rings. The molecule has 3 aromatic rings. The third kappa shape index (κ3) is 4.15. The van der Waals surface area contributed by atoms with Crippen LogP contribution in [0.3, 0.4) is 0 Å². The third-order valence-corrected chi connectivity index (χ3v) is 5.38. The number of aryl methyl sites for hydroxylation is 2. The van der Waals surface area contributed by atoms with E-state index in [0.29, 0.717) is 18.1 Å². The number of hydrogen-bond donors (Lipinski definition) is 1. The van der Waals surface area contributed by atoms with Crippen LogP contribution in [0.4, 0.5) is 0 Å². The predicted octanol–water partition coefficient (Wildman–Crippen LogP) is 3.48. The second-order valence-corrected chi connectivity index (χ2v) is 7.62. The van der Waals surface area contributed by atoms with Crippen molar-refractivity contribution in [1.29, 1.82) is 0 Å². The van der Waals surface area contributed by atoms with Crippen molar-refractivity contribution in [3.63, 3.8) is 0 Å². The summed E-state index contributed by atoms with van der Waals surface area (Å²) in [5, 5.41) is 0. The molecule has 0 unspecified atom stereocenters. The monoisotopic (exact) mass is 356 g/mol. The average Bonchev–Trinajstić information content (AvgIpc) is 2.97. The molecule has 0 atom stereocenters. The second-order valence-electron chi connectivity index (χ2n) is 5.85. The van der Waals surface area contributed by atoms with Crippen molar-refractivity contribution in [3.8, 4) is 11.5 Å². The lowest BCUT2D eigenvalue weighted by atomic mass is 10.2. The minimum absolute atomic E-state index is 0.262. The van der Waals surface area contributed by atoms with Crippen LogP contribution in [0.5, 0.6) is 0 Å². The highest BCUT2D eigenvalue weighted by Crippen LogP contribution is 2.21. The van der Waals surface area contributed by atoms with Crippen molar-refractivity contribution < 1.29 is 12.8 Å². The van der Waals surface area contributed by atoms with Gasteiger partial charge in [-0.15, -0.1) is 0 Å². The van der Waals surface area contributed by atoms with Crippen LogP contribution in [0, 0.1) is 13.8 Å². The fourth-order valence-corrected chi connectivity index (χ4v) is 3.50. The number of nitrogens with one attached hydrogen (secondary N) is 1. The molecule has 3 rings (SSSR count). The summed E-state index contributed by atoms with van der Waals surface area (Å²) in [4.78, 5) is 4.75. The maximum Gasteiger partial charge on any atom is 0.240 e. The Kier molecular flexibility index (Phi) is 5.01. The van der Waals surface area contributed by atoms with Gasteiger partial charge in [-0.25, -0.2) is 18.1 Å². The molecule has 0 spiro atoms. The molecule has 1 aromatic heterocycles. The number of rotatable bonds is 6. The molecule has 0 radical (unpaired) electrons. The van der Waals surface area contributed by atoms with Gasteiger partial charge in [0.25, 0.3) is 0 Å². The molecule has 0 saturated carbocycles. The van der Waals surface area contributed by atoms with Crippen molar-refractivity contribution >= 4 is 10.0 Å². The quantitative estimate of drug-likeness (QED) is 0.734. The van der Waals surface area contributed by atoms with E-state index >= 15 is 0 Å². The number of oxazole rings is 1. The van der Waals surface area contributed by atoms with E-state index < -0.39 is 10.0 Å². The second kappa shape index (κ2) is 7.21.